The molecule has 0 atom stereocenters. The monoisotopic (exact) mass is 412 g/mol. The summed E-state index contributed by atoms with van der Waals surface area (Å²) < 4.78 is 49.4. The first-order chi connectivity index (χ1) is 14.3. The van der Waals surface area contributed by atoms with Crippen LogP contribution in [0.15, 0.2) is 70.7 Å². The number of amides is 1. The van der Waals surface area contributed by atoms with Crippen LogP contribution in [0.1, 0.15) is 11.3 Å². The molecule has 1 N–H and O–H groups in total. The van der Waals surface area contributed by atoms with Gasteiger partial charge in [-0.15, -0.1) is 0 Å². The summed E-state index contributed by atoms with van der Waals surface area (Å²) >= 11 is 0. The van der Waals surface area contributed by atoms with Gasteiger partial charge < -0.3 is 14.5 Å². The number of hydrogen-bond donors (Lipinski definition) is 1. The largest absolute Gasteiger partial charge is 0.495 e. The first kappa shape index (κ1) is 20.7. The van der Waals surface area contributed by atoms with Gasteiger partial charge in [-0.1, -0.05) is 24.3 Å². The number of furan rings is 1. The summed E-state index contributed by atoms with van der Waals surface area (Å²) in [5.74, 6) is 0.0657. The van der Waals surface area contributed by atoms with Gasteiger partial charge in [0.15, 0.2) is 0 Å². The summed E-state index contributed by atoms with van der Waals surface area (Å²) in [6.07, 6.45) is -3.27. The molecule has 0 saturated heterocycles. The van der Waals surface area contributed by atoms with Gasteiger partial charge >= 0.3 is 6.18 Å². The third-order valence-corrected chi connectivity index (χ3v) is 4.11. The molecule has 2 aromatic carbocycles. The maximum Gasteiger partial charge on any atom is 0.416 e. The van der Waals surface area contributed by atoms with Crippen molar-refractivity contribution < 1.29 is 27.1 Å². The van der Waals surface area contributed by atoms with Crippen LogP contribution in [0.4, 0.5) is 18.9 Å². The number of carbonyl (C=O) groups excluding carboxylic acids is 1. The minimum Gasteiger partial charge on any atom is -0.495 e. The lowest BCUT2D eigenvalue weighted by atomic mass is 10.1. The zero-order valence-electron chi connectivity index (χ0n) is 15.7. The average Bonchev–Trinajstić information content (AvgIpc) is 3.20. The molecule has 5 nitrogen and oxygen atoms in total. The number of halogens is 3. The Labute approximate surface area is 170 Å². The summed E-state index contributed by atoms with van der Waals surface area (Å²) in [5, 5.41) is 11.9. The highest BCUT2D eigenvalue weighted by molar-refractivity contribution is 6.10. The number of nitriles is 1. The Morgan fingerprint density at radius 2 is 1.90 bits per heavy atom. The Morgan fingerprint density at radius 3 is 2.60 bits per heavy atom. The number of carbonyl (C=O) groups is 1. The molecule has 1 heterocycles. The van der Waals surface area contributed by atoms with E-state index < -0.39 is 17.6 Å². The highest BCUT2D eigenvalue weighted by Crippen LogP contribution is 2.33. The van der Waals surface area contributed by atoms with Crippen LogP contribution in [0.2, 0.25) is 0 Å². The Bertz CT molecular complexity index is 1140. The van der Waals surface area contributed by atoms with Crippen molar-refractivity contribution in [1.82, 2.24) is 0 Å². The smallest absolute Gasteiger partial charge is 0.416 e. The van der Waals surface area contributed by atoms with Crippen LogP contribution >= 0.6 is 0 Å². The molecule has 0 saturated carbocycles. The third-order valence-electron chi connectivity index (χ3n) is 4.11. The van der Waals surface area contributed by atoms with Crippen LogP contribution in [0.5, 0.6) is 5.75 Å². The normalized spacial score (nSPS) is 11.6. The fourth-order valence-electron chi connectivity index (χ4n) is 2.66. The van der Waals surface area contributed by atoms with E-state index in [1.54, 1.807) is 30.3 Å². The molecule has 0 aliphatic carbocycles. The predicted octanol–water partition coefficient (Wildman–Crippen LogP) is 5.52. The maximum absolute atomic E-state index is 12.9. The summed E-state index contributed by atoms with van der Waals surface area (Å²) in [4.78, 5) is 12.4. The number of benzene rings is 2. The lowest BCUT2D eigenvalue weighted by Crippen LogP contribution is -2.14. The number of hydrogen-bond acceptors (Lipinski definition) is 4. The van der Waals surface area contributed by atoms with E-state index in [0.29, 0.717) is 11.4 Å². The van der Waals surface area contributed by atoms with Crippen molar-refractivity contribution >= 4 is 17.7 Å². The predicted molar refractivity (Wildman–Crippen MR) is 104 cm³/mol. The van der Waals surface area contributed by atoms with Gasteiger partial charge in [0.05, 0.1) is 18.4 Å². The van der Waals surface area contributed by atoms with Gasteiger partial charge in [-0.3, -0.25) is 4.79 Å². The minimum atomic E-state index is -4.48. The Hall–Kier alpha value is -3.99. The summed E-state index contributed by atoms with van der Waals surface area (Å²) in [7, 11) is 1.45. The van der Waals surface area contributed by atoms with E-state index >= 15 is 0 Å². The molecule has 0 unspecified atom stereocenters. The van der Waals surface area contributed by atoms with Crippen LogP contribution in [0.3, 0.4) is 0 Å². The van der Waals surface area contributed by atoms with Gasteiger partial charge in [0, 0.05) is 11.6 Å². The van der Waals surface area contributed by atoms with E-state index in [4.69, 9.17) is 9.15 Å². The molecule has 0 aliphatic heterocycles. The Kier molecular flexibility index (Phi) is 5.93. The topological polar surface area (TPSA) is 75.3 Å². The van der Waals surface area contributed by atoms with Crippen molar-refractivity contribution in [3.63, 3.8) is 0 Å². The first-order valence-corrected chi connectivity index (χ1v) is 8.65. The van der Waals surface area contributed by atoms with Crippen molar-refractivity contribution in [2.75, 3.05) is 12.4 Å². The number of methoxy groups -OCH3 is 1. The molecule has 3 rings (SSSR count). The molecule has 152 valence electrons. The average molecular weight is 412 g/mol. The van der Waals surface area contributed by atoms with Crippen LogP contribution in [-0.2, 0) is 11.0 Å². The zero-order chi connectivity index (χ0) is 21.7. The summed E-state index contributed by atoms with van der Waals surface area (Å²) in [6.45, 7) is 0. The SMILES string of the molecule is COc1ccccc1NC(=O)/C(C#N)=C/c1ccc(-c2cccc(C(F)(F)F)c2)o1. The molecule has 8 heteroatoms. The quantitative estimate of drug-likeness (QED) is 0.442. The summed E-state index contributed by atoms with van der Waals surface area (Å²) in [5.41, 5.74) is -0.440. The lowest BCUT2D eigenvalue weighted by Gasteiger charge is -2.09. The van der Waals surface area contributed by atoms with Gasteiger partial charge in [0.25, 0.3) is 5.91 Å². The Morgan fingerprint density at radius 1 is 1.13 bits per heavy atom. The van der Waals surface area contributed by atoms with Crippen molar-refractivity contribution in [3.8, 4) is 23.1 Å². The van der Waals surface area contributed by atoms with Crippen molar-refractivity contribution in [3.05, 3.63) is 77.6 Å². The second-order valence-electron chi connectivity index (χ2n) is 6.10. The van der Waals surface area contributed by atoms with E-state index in [2.05, 4.69) is 5.32 Å². The molecule has 0 bridgehead atoms. The molecule has 0 spiro atoms. The standard InChI is InChI=1S/C22H15F3N2O3/c1-29-20-8-3-2-7-18(20)27-21(28)15(13-26)12-17-9-10-19(30-17)14-5-4-6-16(11-14)22(23,24)25/h2-12H,1H3,(H,27,28)/b15-12+. The molecule has 1 amide bonds. The van der Waals surface area contributed by atoms with Crippen molar-refractivity contribution in [1.29, 1.82) is 5.26 Å². The highest BCUT2D eigenvalue weighted by atomic mass is 19.4. The van der Waals surface area contributed by atoms with Gasteiger partial charge in [0.2, 0.25) is 0 Å². The molecule has 0 radical (unpaired) electrons. The van der Waals surface area contributed by atoms with Crippen LogP contribution in [0.25, 0.3) is 17.4 Å². The van der Waals surface area contributed by atoms with Crippen molar-refractivity contribution in [2.24, 2.45) is 0 Å². The third kappa shape index (κ3) is 4.70. The highest BCUT2D eigenvalue weighted by Gasteiger charge is 2.30. The van der Waals surface area contributed by atoms with E-state index in [-0.39, 0.29) is 22.7 Å². The van der Waals surface area contributed by atoms with Crippen LogP contribution in [-0.4, -0.2) is 13.0 Å². The van der Waals surface area contributed by atoms with Gasteiger partial charge in [0.1, 0.15) is 28.9 Å². The first-order valence-electron chi connectivity index (χ1n) is 8.65. The zero-order valence-corrected chi connectivity index (χ0v) is 15.7. The van der Waals surface area contributed by atoms with Gasteiger partial charge in [-0.25, -0.2) is 0 Å². The minimum absolute atomic E-state index is 0.147. The number of nitrogens with one attached hydrogen (secondary N) is 1. The van der Waals surface area contributed by atoms with E-state index in [9.17, 15) is 23.2 Å². The number of alkyl halides is 3. The van der Waals surface area contributed by atoms with Crippen LogP contribution < -0.4 is 10.1 Å². The molecular weight excluding hydrogens is 397 g/mol. The molecule has 0 aliphatic rings. The number of anilines is 1. The maximum atomic E-state index is 12.9. The molecule has 1 aromatic heterocycles. The summed E-state index contributed by atoms with van der Waals surface area (Å²) in [6, 6.07) is 16.1. The molecule has 0 fully saturated rings. The number of rotatable bonds is 5. The van der Waals surface area contributed by atoms with Crippen LogP contribution in [0, 0.1) is 11.3 Å². The fourth-order valence-corrected chi connectivity index (χ4v) is 2.66. The Balaban J connectivity index is 1.84. The van der Waals surface area contributed by atoms with E-state index in [1.165, 1.54) is 37.5 Å². The van der Waals surface area contributed by atoms with E-state index in [0.717, 1.165) is 12.1 Å². The molecule has 3 aromatic rings. The van der Waals surface area contributed by atoms with Gasteiger partial charge in [-0.05, 0) is 36.4 Å². The fraction of sp³-hybridized carbons (Fsp3) is 0.0909. The number of para-hydroxylation sites is 2. The van der Waals surface area contributed by atoms with Gasteiger partial charge in [-0.2, -0.15) is 18.4 Å². The lowest BCUT2D eigenvalue weighted by molar-refractivity contribution is -0.137. The van der Waals surface area contributed by atoms with Crippen molar-refractivity contribution in [2.45, 2.75) is 6.18 Å². The molecule has 30 heavy (non-hydrogen) atoms. The molecular formula is C22H15F3N2O3. The van der Waals surface area contributed by atoms with E-state index in [1.807, 2.05) is 0 Å². The second-order valence-corrected chi connectivity index (χ2v) is 6.10. The number of nitrogens with zero attached hydrogens (tertiary/aromatic N) is 1. The number of ether oxygens (including phenoxy) is 1. The second kappa shape index (κ2) is 8.57.